The second-order valence-electron chi connectivity index (χ2n) is 9.59. The van der Waals surface area contributed by atoms with E-state index < -0.39 is 5.91 Å². The monoisotopic (exact) mass is 518 g/mol. The number of morpholine rings is 1. The van der Waals surface area contributed by atoms with E-state index in [1.165, 1.54) is 22.3 Å². The van der Waals surface area contributed by atoms with E-state index in [0.29, 0.717) is 42.4 Å². The van der Waals surface area contributed by atoms with Crippen LogP contribution in [0.5, 0.6) is 0 Å². The summed E-state index contributed by atoms with van der Waals surface area (Å²) in [6.07, 6.45) is 1.82. The van der Waals surface area contributed by atoms with Crippen molar-refractivity contribution in [2.75, 3.05) is 26.3 Å². The van der Waals surface area contributed by atoms with Gasteiger partial charge in [0.15, 0.2) is 5.84 Å². The molecule has 0 atom stereocenters. The molecule has 10 heteroatoms. The lowest BCUT2D eigenvalue weighted by molar-refractivity contribution is -0.133. The Morgan fingerprint density at radius 1 is 1.19 bits per heavy atom. The van der Waals surface area contributed by atoms with E-state index in [-0.39, 0.29) is 23.7 Å². The van der Waals surface area contributed by atoms with Crippen LogP contribution in [-0.2, 0) is 14.3 Å². The van der Waals surface area contributed by atoms with Crippen molar-refractivity contribution in [3.8, 4) is 5.69 Å². The van der Waals surface area contributed by atoms with E-state index in [1.807, 2.05) is 19.9 Å². The molecule has 0 spiro atoms. The van der Waals surface area contributed by atoms with Crippen LogP contribution in [0.25, 0.3) is 11.8 Å². The smallest absolute Gasteiger partial charge is 0.283 e. The van der Waals surface area contributed by atoms with E-state index in [0.717, 1.165) is 22.6 Å². The van der Waals surface area contributed by atoms with Crippen LogP contribution in [0.1, 0.15) is 48.7 Å². The molecule has 3 aliphatic heterocycles. The Morgan fingerprint density at radius 3 is 2.57 bits per heavy atom. The molecule has 37 heavy (non-hydrogen) atoms. The zero-order valence-electron chi connectivity index (χ0n) is 21.4. The molecule has 0 bridgehead atoms. The highest BCUT2D eigenvalue weighted by molar-refractivity contribution is 8.27. The number of fused-ring (bicyclic) bond motifs is 1. The van der Waals surface area contributed by atoms with Crippen LogP contribution in [0, 0.1) is 19.3 Å². The van der Waals surface area contributed by atoms with Gasteiger partial charge in [-0.1, -0.05) is 26.0 Å². The summed E-state index contributed by atoms with van der Waals surface area (Å²) in [6.45, 7) is 10.5. The Labute approximate surface area is 220 Å². The fourth-order valence-corrected chi connectivity index (χ4v) is 5.53. The molecule has 1 fully saturated rings. The molecule has 1 saturated heterocycles. The maximum absolute atomic E-state index is 12.9. The number of nitrogens with zero attached hydrogens (tertiary/aromatic N) is 5. The molecular formula is C27H30N6O3S. The first-order chi connectivity index (χ1) is 17.7. The second-order valence-corrected chi connectivity index (χ2v) is 10.6. The van der Waals surface area contributed by atoms with Crippen molar-refractivity contribution >= 4 is 45.7 Å². The summed E-state index contributed by atoms with van der Waals surface area (Å²) in [4.78, 5) is 31.5. The Balaban J connectivity index is 1.38. The highest BCUT2D eigenvalue weighted by Gasteiger charge is 2.36. The van der Waals surface area contributed by atoms with Gasteiger partial charge in [0.25, 0.3) is 5.91 Å². The Kier molecular flexibility index (Phi) is 6.87. The van der Waals surface area contributed by atoms with Gasteiger partial charge in [0, 0.05) is 30.2 Å². The zero-order valence-corrected chi connectivity index (χ0v) is 22.3. The average Bonchev–Trinajstić information content (AvgIpc) is 3.41. The molecule has 2 amide bonds. The third-order valence-corrected chi connectivity index (χ3v) is 7.66. The zero-order chi connectivity index (χ0) is 26.3. The second kappa shape index (κ2) is 10.1. The number of carbonyl (C=O) groups is 2. The SMILES string of the molecule is Cc1cc(C=C2C(=N)N3N=C(CC(=O)N4CCOCC4)SC3=NC2=O)c(C)n1-c1ccc(C(C)C)cc1. The topological polar surface area (TPSA) is 103 Å². The predicted molar refractivity (Wildman–Crippen MR) is 146 cm³/mol. The minimum atomic E-state index is -0.481. The number of aromatic nitrogens is 1. The standard InChI is InChI=1S/C27H30N6O3S/c1-16(2)19-5-7-21(8-6-19)32-17(3)13-20(18(32)4)14-22-25(28)33-27(29-26(22)35)37-23(30-33)15-24(34)31-9-11-36-12-10-31/h5-8,13-14,16,28H,9-12,15H2,1-4H3. The highest BCUT2D eigenvalue weighted by Crippen LogP contribution is 2.31. The number of benzene rings is 1. The van der Waals surface area contributed by atoms with Crippen LogP contribution < -0.4 is 0 Å². The number of ether oxygens (including phenoxy) is 1. The van der Waals surface area contributed by atoms with Crippen LogP contribution in [0.15, 0.2) is 46.0 Å². The molecule has 0 unspecified atom stereocenters. The lowest BCUT2D eigenvalue weighted by atomic mass is 10.0. The summed E-state index contributed by atoms with van der Waals surface area (Å²) in [6, 6.07) is 10.5. The molecule has 2 aromatic rings. The Bertz CT molecular complexity index is 1360. The van der Waals surface area contributed by atoms with Crippen molar-refractivity contribution in [1.82, 2.24) is 14.5 Å². The number of amidine groups is 2. The van der Waals surface area contributed by atoms with Crippen molar-refractivity contribution in [3.63, 3.8) is 0 Å². The third kappa shape index (κ3) is 4.91. The number of hydrazone groups is 1. The molecule has 0 saturated carbocycles. The van der Waals surface area contributed by atoms with Gasteiger partial charge in [-0.3, -0.25) is 15.0 Å². The van der Waals surface area contributed by atoms with E-state index >= 15 is 0 Å². The molecule has 9 nitrogen and oxygen atoms in total. The summed E-state index contributed by atoms with van der Waals surface area (Å²) >= 11 is 1.17. The van der Waals surface area contributed by atoms with E-state index in [4.69, 9.17) is 10.1 Å². The minimum Gasteiger partial charge on any atom is -0.378 e. The molecule has 0 aliphatic carbocycles. The highest BCUT2D eigenvalue weighted by atomic mass is 32.2. The first-order valence-corrected chi connectivity index (χ1v) is 13.2. The normalized spacial score (nSPS) is 19.0. The summed E-state index contributed by atoms with van der Waals surface area (Å²) in [5, 5.41) is 15.3. The quantitative estimate of drug-likeness (QED) is 0.601. The first-order valence-electron chi connectivity index (χ1n) is 12.4. The maximum atomic E-state index is 12.9. The molecular weight excluding hydrogens is 488 g/mol. The molecule has 5 rings (SSSR count). The number of hydrogen-bond donors (Lipinski definition) is 1. The summed E-state index contributed by atoms with van der Waals surface area (Å²) in [7, 11) is 0. The number of amides is 2. The number of aliphatic imine (C=N–C) groups is 1. The van der Waals surface area contributed by atoms with Gasteiger partial charge in [0.1, 0.15) is 5.04 Å². The van der Waals surface area contributed by atoms with Crippen molar-refractivity contribution in [3.05, 3.63) is 58.4 Å². The average molecular weight is 519 g/mol. The molecule has 192 valence electrons. The van der Waals surface area contributed by atoms with Gasteiger partial charge in [-0.05, 0) is 66.9 Å². The van der Waals surface area contributed by atoms with Gasteiger partial charge >= 0.3 is 0 Å². The molecule has 1 aromatic carbocycles. The number of aryl methyl sites for hydroxylation is 1. The first kappa shape index (κ1) is 25.2. The lowest BCUT2D eigenvalue weighted by Gasteiger charge is -2.26. The minimum absolute atomic E-state index is 0.0394. The summed E-state index contributed by atoms with van der Waals surface area (Å²) < 4.78 is 7.45. The molecule has 0 radical (unpaired) electrons. The molecule has 4 heterocycles. The predicted octanol–water partition coefficient (Wildman–Crippen LogP) is 4.09. The van der Waals surface area contributed by atoms with Crippen LogP contribution >= 0.6 is 11.8 Å². The van der Waals surface area contributed by atoms with E-state index in [1.54, 1.807) is 11.0 Å². The summed E-state index contributed by atoms with van der Waals surface area (Å²) in [5.41, 5.74) is 5.33. The Morgan fingerprint density at radius 2 is 1.89 bits per heavy atom. The van der Waals surface area contributed by atoms with Gasteiger partial charge in [-0.15, -0.1) is 0 Å². The van der Waals surface area contributed by atoms with Gasteiger partial charge in [-0.25, -0.2) is 0 Å². The molecule has 1 aromatic heterocycles. The molecule has 3 aliphatic rings. The van der Waals surface area contributed by atoms with Gasteiger partial charge in [-0.2, -0.15) is 15.1 Å². The third-order valence-electron chi connectivity index (χ3n) is 6.75. The van der Waals surface area contributed by atoms with Crippen LogP contribution in [0.4, 0.5) is 0 Å². The fraction of sp³-hybridized carbons (Fsp3) is 0.370. The number of carbonyl (C=O) groups excluding carboxylic acids is 2. The van der Waals surface area contributed by atoms with Crippen molar-refractivity contribution in [2.24, 2.45) is 10.1 Å². The number of thioether (sulfide) groups is 1. The van der Waals surface area contributed by atoms with Gasteiger partial charge in [0.2, 0.25) is 11.1 Å². The van der Waals surface area contributed by atoms with Crippen LogP contribution in [0.3, 0.4) is 0 Å². The Hall–Kier alpha value is -3.50. The van der Waals surface area contributed by atoms with Crippen LogP contribution in [0.2, 0.25) is 0 Å². The van der Waals surface area contributed by atoms with Gasteiger partial charge < -0.3 is 14.2 Å². The number of rotatable bonds is 5. The van der Waals surface area contributed by atoms with Gasteiger partial charge in [0.05, 0.1) is 25.2 Å². The lowest BCUT2D eigenvalue weighted by Crippen LogP contribution is -2.41. The van der Waals surface area contributed by atoms with Crippen molar-refractivity contribution < 1.29 is 14.3 Å². The van der Waals surface area contributed by atoms with Crippen molar-refractivity contribution in [1.29, 1.82) is 5.41 Å². The van der Waals surface area contributed by atoms with Crippen LogP contribution in [-0.4, -0.2) is 68.6 Å². The summed E-state index contributed by atoms with van der Waals surface area (Å²) in [5.74, 6) is -0.106. The van der Waals surface area contributed by atoms with E-state index in [9.17, 15) is 9.59 Å². The number of hydrogen-bond acceptors (Lipinski definition) is 6. The fourth-order valence-electron chi connectivity index (χ4n) is 4.65. The number of nitrogens with one attached hydrogen (secondary N) is 1. The van der Waals surface area contributed by atoms with Crippen molar-refractivity contribution in [2.45, 2.75) is 40.0 Å². The largest absolute Gasteiger partial charge is 0.378 e. The maximum Gasteiger partial charge on any atom is 0.283 e. The van der Waals surface area contributed by atoms with E-state index in [2.05, 4.69) is 52.8 Å². The molecule has 1 N–H and O–H groups in total.